The molecule has 0 heterocycles. The zero-order valence-corrected chi connectivity index (χ0v) is 46.0. The minimum absolute atomic E-state index is 0.0358. The summed E-state index contributed by atoms with van der Waals surface area (Å²) >= 11 is 12.2. The van der Waals surface area contributed by atoms with Crippen molar-refractivity contribution in [2.75, 3.05) is 37.9 Å². The number of aryl methyl sites for hydroxylation is 2. The maximum Gasteiger partial charge on any atom is 0.412 e. The Morgan fingerprint density at radius 2 is 0.961 bits per heavy atom. The zero-order chi connectivity index (χ0) is 58.2. The average molecular weight is 1110 g/mol. The molecule has 0 saturated carbocycles. The number of aromatic carboxylic acids is 1. The molecular formula is C54H66Cl2N6O15. The largest absolute Gasteiger partial charge is 0.478 e. The number of rotatable bonds is 19. The van der Waals surface area contributed by atoms with Gasteiger partial charge in [0.1, 0.15) is 29.1 Å². The normalized spacial score (nSPS) is 11.4. The molecule has 0 aliphatic carbocycles. The number of amides is 5. The first-order chi connectivity index (χ1) is 36.0. The number of carbonyl (C=O) groups excluding carboxylic acids is 9. The van der Waals surface area contributed by atoms with Crippen LogP contribution in [0.3, 0.4) is 0 Å². The molecule has 4 rings (SSSR count). The number of carboxylic acids is 1. The van der Waals surface area contributed by atoms with E-state index in [1.165, 1.54) is 38.5 Å². The van der Waals surface area contributed by atoms with E-state index in [9.17, 15) is 47.9 Å². The van der Waals surface area contributed by atoms with Gasteiger partial charge < -0.3 is 45.7 Å². The first-order valence-corrected chi connectivity index (χ1v) is 24.5. The van der Waals surface area contributed by atoms with E-state index in [-0.39, 0.29) is 72.1 Å². The fourth-order valence-corrected chi connectivity index (χ4v) is 7.09. The van der Waals surface area contributed by atoms with Crippen LogP contribution in [0.4, 0.5) is 21.0 Å². The van der Waals surface area contributed by atoms with Crippen molar-refractivity contribution in [3.63, 3.8) is 0 Å². The Bertz CT molecular complexity index is 2730. The van der Waals surface area contributed by atoms with Crippen LogP contribution >= 0.6 is 23.2 Å². The number of carbonyl (C=O) groups is 10. The number of benzene rings is 4. The topological polar surface area (TPSA) is 314 Å². The van der Waals surface area contributed by atoms with Crippen molar-refractivity contribution >= 4 is 94.0 Å². The van der Waals surface area contributed by atoms with E-state index in [0.29, 0.717) is 33.1 Å². The van der Waals surface area contributed by atoms with Gasteiger partial charge in [-0.25, -0.2) is 24.0 Å². The highest BCUT2D eigenvalue weighted by molar-refractivity contribution is 6.34. The molecule has 0 saturated heterocycles. The molecule has 2 atom stereocenters. The number of Topliss-reactive ketones (excluding diaryl/α,β-unsaturated/α-hetero) is 2. The number of ketones is 2. The van der Waals surface area contributed by atoms with Crippen LogP contribution in [-0.4, -0.2) is 115 Å². The van der Waals surface area contributed by atoms with Crippen LogP contribution in [0.15, 0.2) is 84.9 Å². The van der Waals surface area contributed by atoms with E-state index in [0.717, 1.165) is 0 Å². The lowest BCUT2D eigenvalue weighted by Gasteiger charge is -2.19. The van der Waals surface area contributed by atoms with E-state index in [4.69, 9.17) is 48.3 Å². The van der Waals surface area contributed by atoms with Gasteiger partial charge in [-0.05, 0) is 128 Å². The first kappa shape index (κ1) is 65.2. The molecule has 77 heavy (non-hydrogen) atoms. The Hall–Kier alpha value is -7.88. The van der Waals surface area contributed by atoms with Crippen LogP contribution in [0.5, 0.6) is 0 Å². The van der Waals surface area contributed by atoms with Crippen LogP contribution in [0.25, 0.3) is 0 Å². The number of nitrogens with two attached hydrogens (primary N) is 1. The summed E-state index contributed by atoms with van der Waals surface area (Å²) in [7, 11) is 2.39. The van der Waals surface area contributed by atoms with Gasteiger partial charge in [0.25, 0.3) is 17.7 Å². The molecule has 5 amide bonds. The summed E-state index contributed by atoms with van der Waals surface area (Å²) < 4.78 is 19.6. The van der Waals surface area contributed by atoms with Gasteiger partial charge in [0.15, 0.2) is 5.78 Å². The highest BCUT2D eigenvalue weighted by Gasteiger charge is 2.27. The quantitative estimate of drug-likeness (QED) is 0.0345. The molecule has 23 heteroatoms. The van der Waals surface area contributed by atoms with Gasteiger partial charge in [-0.15, -0.1) is 0 Å². The summed E-state index contributed by atoms with van der Waals surface area (Å²) in [4.78, 5) is 119. The number of methoxy groups -OCH3 is 2. The van der Waals surface area contributed by atoms with Crippen molar-refractivity contribution in [3.05, 3.63) is 128 Å². The van der Waals surface area contributed by atoms with Gasteiger partial charge in [-0.2, -0.15) is 0 Å². The molecule has 0 aromatic heterocycles. The number of carboxylic acid groups (broad SMARTS) is 1. The zero-order valence-electron chi connectivity index (χ0n) is 44.5. The van der Waals surface area contributed by atoms with Crippen molar-refractivity contribution in [2.45, 2.75) is 104 Å². The van der Waals surface area contributed by atoms with Crippen LogP contribution in [0.2, 0.25) is 10.0 Å². The Morgan fingerprint density at radius 3 is 1.34 bits per heavy atom. The Morgan fingerprint density at radius 1 is 0.571 bits per heavy atom. The second-order valence-corrected chi connectivity index (χ2v) is 19.5. The third-order valence-corrected chi connectivity index (χ3v) is 10.7. The Balaban J connectivity index is 0.000000438. The van der Waals surface area contributed by atoms with Gasteiger partial charge in [0, 0.05) is 29.8 Å². The molecule has 8 N–H and O–H groups in total. The molecule has 0 spiro atoms. The van der Waals surface area contributed by atoms with Gasteiger partial charge >= 0.3 is 30.1 Å². The molecular weight excluding hydrogens is 1040 g/mol. The third-order valence-electron chi connectivity index (χ3n) is 10.1. The molecule has 4 aromatic carbocycles. The lowest BCUT2D eigenvalue weighted by atomic mass is 10.1. The Kier molecular flexibility index (Phi) is 26.5. The fraction of sp³-hybridized carbons (Fsp3) is 0.370. The number of anilines is 2. The highest BCUT2D eigenvalue weighted by atomic mass is 35.5. The van der Waals surface area contributed by atoms with E-state index in [1.54, 1.807) is 116 Å². The predicted molar refractivity (Wildman–Crippen MR) is 288 cm³/mol. The lowest BCUT2D eigenvalue weighted by Crippen LogP contribution is -2.42. The molecule has 0 unspecified atom stereocenters. The summed E-state index contributed by atoms with van der Waals surface area (Å²) in [6.07, 6.45) is -1.22. The average Bonchev–Trinajstić information content (AvgIpc) is 3.34. The molecule has 0 fully saturated rings. The number of ether oxygens (including phenoxy) is 4. The predicted octanol–water partition coefficient (Wildman–Crippen LogP) is 8.01. The maximum absolute atomic E-state index is 12.7. The van der Waals surface area contributed by atoms with Crippen molar-refractivity contribution in [1.29, 1.82) is 0 Å². The summed E-state index contributed by atoms with van der Waals surface area (Å²) in [6, 6.07) is 20.1. The molecule has 21 nitrogen and oxygen atoms in total. The third kappa shape index (κ3) is 24.1. The summed E-state index contributed by atoms with van der Waals surface area (Å²) in [5.41, 5.74) is 6.87. The van der Waals surface area contributed by atoms with Crippen molar-refractivity contribution in [3.8, 4) is 0 Å². The summed E-state index contributed by atoms with van der Waals surface area (Å²) in [6.45, 7) is 13.5. The molecule has 0 bridgehead atoms. The van der Waals surface area contributed by atoms with Gasteiger partial charge in [-0.3, -0.25) is 34.6 Å². The van der Waals surface area contributed by atoms with Crippen LogP contribution < -0.4 is 32.3 Å². The SMILES string of the molecule is CC(C)(C)OC(=O)Nc1cccc(C(=O)O)c1.COC(=O)[C@H](CCC(=O)CN)NC(=O)c1c(C)cccc1Cl.COC(=O)[C@H](CCC(=O)CNC(=O)c1cccc(NC(=O)OC(C)(C)C)c1)NC(=O)c1c(C)cccc1Cl. The van der Waals surface area contributed by atoms with Crippen LogP contribution in [-0.2, 0) is 38.1 Å². The number of halogens is 2. The second kappa shape index (κ2) is 31.2. The number of hydrogen-bond acceptors (Lipinski definition) is 15. The van der Waals surface area contributed by atoms with Crippen molar-refractivity contribution in [1.82, 2.24) is 16.0 Å². The maximum atomic E-state index is 12.7. The Labute approximate surface area is 456 Å². The lowest BCUT2D eigenvalue weighted by molar-refractivity contribution is -0.144. The van der Waals surface area contributed by atoms with Crippen molar-refractivity contribution in [2.24, 2.45) is 5.73 Å². The molecule has 0 radical (unpaired) electrons. The monoisotopic (exact) mass is 1110 g/mol. The molecule has 4 aromatic rings. The second-order valence-electron chi connectivity index (χ2n) is 18.7. The van der Waals surface area contributed by atoms with Crippen LogP contribution in [0, 0.1) is 13.8 Å². The summed E-state index contributed by atoms with van der Waals surface area (Å²) in [5.74, 6) is -4.52. The molecule has 416 valence electrons. The van der Waals surface area contributed by atoms with E-state index >= 15 is 0 Å². The first-order valence-electron chi connectivity index (χ1n) is 23.7. The van der Waals surface area contributed by atoms with E-state index < -0.39 is 71.1 Å². The van der Waals surface area contributed by atoms with Gasteiger partial charge in [-0.1, -0.05) is 59.6 Å². The van der Waals surface area contributed by atoms with Crippen LogP contribution in [0.1, 0.15) is 120 Å². The van der Waals surface area contributed by atoms with Gasteiger partial charge in [0.05, 0.1) is 54.0 Å². The van der Waals surface area contributed by atoms with Gasteiger partial charge in [0.2, 0.25) is 0 Å². The number of nitrogens with one attached hydrogen (secondary N) is 5. The minimum Gasteiger partial charge on any atom is -0.478 e. The van der Waals surface area contributed by atoms with Crippen molar-refractivity contribution < 1.29 is 72.0 Å². The number of esters is 2. The summed E-state index contributed by atoms with van der Waals surface area (Å²) in [5, 5.41) is 22.0. The minimum atomic E-state index is -1.08. The standard InChI is InChI=1S/C27H32ClN3O7.C15H19ClN2O4.C12H15NO4/c1-16-8-6-11-20(28)22(16)24(34)31-21(25(35)37-5)13-12-19(32)15-29-23(33)17-9-7-10-18(14-17)30-26(36)38-27(2,3)4;1-9-4-3-5-11(16)13(9)14(20)18-12(15(21)22-2)7-6-10(19)8-17;1-12(2,3)17-11(16)13-9-6-4-5-8(7-9)10(14)15/h6-11,14,21H,12-13,15H2,1-5H3,(H,29,33)(H,30,36)(H,31,34);3-5,12H,6-8,17H2,1-2H3,(H,18,20);4-7H,1-3H3,(H,13,16)(H,14,15)/t21-;12-;/m00./s1. The molecule has 0 aliphatic rings. The smallest absolute Gasteiger partial charge is 0.412 e. The van der Waals surface area contributed by atoms with E-state index in [2.05, 4.69) is 31.3 Å². The molecule has 0 aliphatic heterocycles. The highest BCUT2D eigenvalue weighted by Crippen LogP contribution is 2.22. The number of hydrogen-bond donors (Lipinski definition) is 7. The van der Waals surface area contributed by atoms with E-state index in [1.807, 2.05) is 0 Å². The fourth-order valence-electron chi connectivity index (χ4n) is 6.48.